The Bertz CT molecular complexity index is 697. The van der Waals surface area contributed by atoms with Crippen LogP contribution < -0.4 is 5.32 Å². The zero-order valence-corrected chi connectivity index (χ0v) is 20.9. The molecule has 4 aliphatic carbocycles. The van der Waals surface area contributed by atoms with Crippen molar-refractivity contribution < 1.29 is 20.1 Å². The van der Waals surface area contributed by atoms with Gasteiger partial charge >= 0.3 is 0 Å². The third-order valence-electron chi connectivity index (χ3n) is 10.8. The lowest BCUT2D eigenvalue weighted by atomic mass is 9.43. The standard InChI is InChI=1S/C27H47NO4/c1-15(2)28-24(32)9-6-16(3)19-7-8-20-25-21(14-23(31)27(19,20)5)26(4)11-10-18(29)12-17(26)13-22(25)30/h15-23,25,29-31H,6-14H2,1-5H3,(H,28,32). The number of nitrogens with one attached hydrogen (secondary N) is 1. The van der Waals surface area contributed by atoms with Crippen molar-refractivity contribution in [1.82, 2.24) is 5.32 Å². The summed E-state index contributed by atoms with van der Waals surface area (Å²) >= 11 is 0. The molecule has 4 saturated carbocycles. The van der Waals surface area contributed by atoms with Crippen LogP contribution in [-0.4, -0.2) is 45.6 Å². The van der Waals surface area contributed by atoms with Gasteiger partial charge in [0.1, 0.15) is 0 Å². The molecule has 5 heteroatoms. The molecule has 0 heterocycles. The lowest BCUT2D eigenvalue weighted by Gasteiger charge is -2.63. The molecule has 4 rings (SSSR count). The number of hydrogen-bond donors (Lipinski definition) is 4. The van der Waals surface area contributed by atoms with Crippen molar-refractivity contribution in [2.75, 3.05) is 0 Å². The monoisotopic (exact) mass is 449 g/mol. The second-order valence-corrected chi connectivity index (χ2v) is 12.8. The summed E-state index contributed by atoms with van der Waals surface area (Å²) < 4.78 is 0. The minimum Gasteiger partial charge on any atom is -0.393 e. The lowest BCUT2D eigenvalue weighted by molar-refractivity contribution is -0.207. The van der Waals surface area contributed by atoms with Gasteiger partial charge in [0, 0.05) is 12.5 Å². The fourth-order valence-corrected chi connectivity index (χ4v) is 9.09. The molecular formula is C27H47NO4. The molecule has 0 aromatic heterocycles. The van der Waals surface area contributed by atoms with E-state index in [1.807, 2.05) is 13.8 Å². The summed E-state index contributed by atoms with van der Waals surface area (Å²) in [6.07, 6.45) is 6.86. The summed E-state index contributed by atoms with van der Waals surface area (Å²) in [5.74, 6) is 2.17. The van der Waals surface area contributed by atoms with Crippen molar-refractivity contribution in [3.63, 3.8) is 0 Å². The number of aliphatic hydroxyl groups is 3. The molecule has 4 aliphatic rings. The number of hydrogen-bond acceptors (Lipinski definition) is 4. The van der Waals surface area contributed by atoms with E-state index in [1.165, 1.54) is 0 Å². The van der Waals surface area contributed by atoms with Gasteiger partial charge in [-0.1, -0.05) is 20.8 Å². The Morgan fingerprint density at radius 2 is 1.72 bits per heavy atom. The molecule has 11 atom stereocenters. The first kappa shape index (κ1) is 24.5. The summed E-state index contributed by atoms with van der Waals surface area (Å²) in [6, 6.07) is 0.169. The molecule has 5 nitrogen and oxygen atoms in total. The van der Waals surface area contributed by atoms with Crippen LogP contribution in [0.15, 0.2) is 0 Å². The van der Waals surface area contributed by atoms with E-state index in [0.29, 0.717) is 36.0 Å². The van der Waals surface area contributed by atoms with Gasteiger partial charge in [0.05, 0.1) is 18.3 Å². The molecule has 32 heavy (non-hydrogen) atoms. The van der Waals surface area contributed by atoms with E-state index in [0.717, 1.165) is 51.4 Å². The van der Waals surface area contributed by atoms with Crippen molar-refractivity contribution in [3.8, 4) is 0 Å². The molecule has 4 N–H and O–H groups in total. The average molecular weight is 450 g/mol. The van der Waals surface area contributed by atoms with Gasteiger partial charge in [0.2, 0.25) is 5.91 Å². The zero-order chi connectivity index (χ0) is 23.4. The highest BCUT2D eigenvalue weighted by Crippen LogP contribution is 2.68. The molecule has 0 spiro atoms. The van der Waals surface area contributed by atoms with E-state index in [1.54, 1.807) is 0 Å². The molecule has 11 unspecified atom stereocenters. The van der Waals surface area contributed by atoms with E-state index >= 15 is 0 Å². The maximum absolute atomic E-state index is 12.2. The van der Waals surface area contributed by atoms with Gasteiger partial charge in [-0.25, -0.2) is 0 Å². The van der Waals surface area contributed by atoms with Crippen molar-refractivity contribution in [1.29, 1.82) is 0 Å². The van der Waals surface area contributed by atoms with Crippen LogP contribution in [0, 0.1) is 46.3 Å². The predicted octanol–water partition coefficient (Wildman–Crippen LogP) is 3.89. The second kappa shape index (κ2) is 8.85. The summed E-state index contributed by atoms with van der Waals surface area (Å²) in [4.78, 5) is 12.2. The largest absolute Gasteiger partial charge is 0.393 e. The molecule has 4 fully saturated rings. The van der Waals surface area contributed by atoms with Crippen LogP contribution in [0.2, 0.25) is 0 Å². The van der Waals surface area contributed by atoms with E-state index in [4.69, 9.17) is 0 Å². The van der Waals surface area contributed by atoms with Gasteiger partial charge in [0.25, 0.3) is 0 Å². The number of amides is 1. The van der Waals surface area contributed by atoms with Gasteiger partial charge in [0.15, 0.2) is 0 Å². The Morgan fingerprint density at radius 1 is 1.00 bits per heavy atom. The fourth-order valence-electron chi connectivity index (χ4n) is 9.09. The molecule has 0 radical (unpaired) electrons. The zero-order valence-electron chi connectivity index (χ0n) is 20.9. The van der Waals surface area contributed by atoms with E-state index in [9.17, 15) is 20.1 Å². The van der Waals surface area contributed by atoms with Crippen LogP contribution in [0.1, 0.15) is 92.4 Å². The molecule has 0 aliphatic heterocycles. The maximum atomic E-state index is 12.2. The first-order chi connectivity index (χ1) is 15.0. The number of rotatable bonds is 5. The third-order valence-corrected chi connectivity index (χ3v) is 10.8. The highest BCUT2D eigenvalue weighted by Gasteiger charge is 2.65. The molecule has 0 aromatic carbocycles. The maximum Gasteiger partial charge on any atom is 0.220 e. The Hall–Kier alpha value is -0.650. The van der Waals surface area contributed by atoms with Gasteiger partial charge in [-0.2, -0.15) is 0 Å². The molecule has 0 bridgehead atoms. The SMILES string of the molecule is CC(C)NC(=O)CCC(C)C1CCC2C3C(O)CC4CC(O)CCC4(C)C3CC(O)C12C. The summed E-state index contributed by atoms with van der Waals surface area (Å²) in [6.45, 7) is 10.9. The average Bonchev–Trinajstić information content (AvgIpc) is 3.06. The van der Waals surface area contributed by atoms with Crippen molar-refractivity contribution in [2.45, 2.75) is 117 Å². The van der Waals surface area contributed by atoms with Crippen LogP contribution in [0.25, 0.3) is 0 Å². The number of fused-ring (bicyclic) bond motifs is 5. The Kier molecular flexibility index (Phi) is 6.77. The smallest absolute Gasteiger partial charge is 0.220 e. The van der Waals surface area contributed by atoms with Crippen LogP contribution >= 0.6 is 0 Å². The van der Waals surface area contributed by atoms with E-state index < -0.39 is 0 Å². The van der Waals surface area contributed by atoms with Gasteiger partial charge in [-0.15, -0.1) is 0 Å². The van der Waals surface area contributed by atoms with E-state index in [2.05, 4.69) is 26.1 Å². The first-order valence-electron chi connectivity index (χ1n) is 13.3. The van der Waals surface area contributed by atoms with Crippen molar-refractivity contribution in [3.05, 3.63) is 0 Å². The minimum absolute atomic E-state index is 0.115. The van der Waals surface area contributed by atoms with Crippen molar-refractivity contribution in [2.24, 2.45) is 46.3 Å². The molecule has 184 valence electrons. The Morgan fingerprint density at radius 3 is 2.41 bits per heavy atom. The number of carbonyl (C=O) groups excluding carboxylic acids is 1. The summed E-state index contributed by atoms with van der Waals surface area (Å²) in [5, 5.41) is 36.2. The molecular weight excluding hydrogens is 402 g/mol. The summed E-state index contributed by atoms with van der Waals surface area (Å²) in [5.41, 5.74) is -0.0719. The normalized spacial score (nSPS) is 49.2. The summed E-state index contributed by atoms with van der Waals surface area (Å²) in [7, 11) is 0. The first-order valence-corrected chi connectivity index (χ1v) is 13.3. The quantitative estimate of drug-likeness (QED) is 0.513. The number of aliphatic hydroxyl groups excluding tert-OH is 3. The lowest BCUT2D eigenvalue weighted by Crippen LogP contribution is -2.62. The third kappa shape index (κ3) is 3.94. The molecule has 0 aromatic rings. The van der Waals surface area contributed by atoms with Crippen LogP contribution in [-0.2, 0) is 4.79 Å². The second-order valence-electron chi connectivity index (χ2n) is 12.8. The predicted molar refractivity (Wildman–Crippen MR) is 126 cm³/mol. The van der Waals surface area contributed by atoms with Crippen molar-refractivity contribution >= 4 is 5.91 Å². The van der Waals surface area contributed by atoms with Gasteiger partial charge < -0.3 is 20.6 Å². The van der Waals surface area contributed by atoms with Crippen LogP contribution in [0.4, 0.5) is 0 Å². The number of carbonyl (C=O) groups is 1. The van der Waals surface area contributed by atoms with Gasteiger partial charge in [-0.3, -0.25) is 4.79 Å². The van der Waals surface area contributed by atoms with Crippen LogP contribution in [0.3, 0.4) is 0 Å². The van der Waals surface area contributed by atoms with Crippen LogP contribution in [0.5, 0.6) is 0 Å². The highest BCUT2D eigenvalue weighted by atomic mass is 16.3. The minimum atomic E-state index is -0.359. The van der Waals surface area contributed by atoms with Gasteiger partial charge in [-0.05, 0) is 112 Å². The highest BCUT2D eigenvalue weighted by molar-refractivity contribution is 5.76. The topological polar surface area (TPSA) is 89.8 Å². The van der Waals surface area contributed by atoms with E-state index in [-0.39, 0.29) is 47.0 Å². The Balaban J connectivity index is 1.52. The molecule has 0 saturated heterocycles. The fraction of sp³-hybridized carbons (Fsp3) is 0.963. The Labute approximate surface area is 194 Å². The molecule has 1 amide bonds.